The molecule has 0 amide bonds. The molecule has 0 aliphatic carbocycles. The molecule has 112 valence electrons. The van der Waals surface area contributed by atoms with Crippen LogP contribution < -0.4 is 5.32 Å². The molecule has 3 heterocycles. The molecule has 7 heteroatoms. The topological polar surface area (TPSA) is 63.4 Å². The summed E-state index contributed by atoms with van der Waals surface area (Å²) in [6.45, 7) is 3.57. The maximum atomic E-state index is 5.84. The van der Waals surface area contributed by atoms with Crippen molar-refractivity contribution in [3.05, 3.63) is 11.7 Å². The maximum absolute atomic E-state index is 5.84. The van der Waals surface area contributed by atoms with Crippen molar-refractivity contribution in [3.8, 4) is 0 Å². The Kier molecular flexibility index (Phi) is 4.93. The van der Waals surface area contributed by atoms with Crippen LogP contribution in [0.3, 0.4) is 0 Å². The molecule has 2 fully saturated rings. The lowest BCUT2D eigenvalue weighted by Crippen LogP contribution is -2.33. The van der Waals surface area contributed by atoms with Gasteiger partial charge in [-0.2, -0.15) is 16.7 Å². The monoisotopic (exact) mass is 298 g/mol. The molecule has 20 heavy (non-hydrogen) atoms. The van der Waals surface area contributed by atoms with Crippen molar-refractivity contribution in [2.45, 2.75) is 31.6 Å². The van der Waals surface area contributed by atoms with Gasteiger partial charge in [0.2, 0.25) is 0 Å². The molecule has 1 aromatic rings. The Morgan fingerprint density at radius 3 is 3.10 bits per heavy atom. The summed E-state index contributed by atoms with van der Waals surface area (Å²) in [5.74, 6) is 3.60. The lowest BCUT2D eigenvalue weighted by atomic mass is 10.1. The number of aromatic nitrogens is 2. The van der Waals surface area contributed by atoms with E-state index in [2.05, 4.69) is 27.4 Å². The second-order valence-electron chi connectivity index (χ2n) is 5.38. The first-order valence-corrected chi connectivity index (χ1v) is 8.41. The predicted molar refractivity (Wildman–Crippen MR) is 77.7 cm³/mol. The number of hydrogen-bond donors (Lipinski definition) is 1. The lowest BCUT2D eigenvalue weighted by Gasteiger charge is -2.29. The van der Waals surface area contributed by atoms with Crippen LogP contribution in [0.2, 0.25) is 0 Å². The van der Waals surface area contributed by atoms with Crippen LogP contribution >= 0.6 is 11.8 Å². The number of hydrogen-bond acceptors (Lipinski definition) is 7. The summed E-state index contributed by atoms with van der Waals surface area (Å²) in [4.78, 5) is 6.79. The Morgan fingerprint density at radius 1 is 1.45 bits per heavy atom. The summed E-state index contributed by atoms with van der Waals surface area (Å²) in [6.07, 6.45) is 2.44. The Labute approximate surface area is 123 Å². The molecule has 0 radical (unpaired) electrons. The number of nitrogens with zero attached hydrogens (tertiary/aromatic N) is 3. The molecule has 0 saturated carbocycles. The van der Waals surface area contributed by atoms with Gasteiger partial charge in [-0.15, -0.1) is 0 Å². The van der Waals surface area contributed by atoms with E-state index >= 15 is 0 Å². The smallest absolute Gasteiger partial charge is 0.252 e. The second-order valence-corrected chi connectivity index (χ2v) is 6.53. The van der Waals surface area contributed by atoms with Crippen molar-refractivity contribution in [1.29, 1.82) is 0 Å². The Balaban J connectivity index is 1.53. The highest BCUT2D eigenvalue weighted by molar-refractivity contribution is 7.99. The van der Waals surface area contributed by atoms with Gasteiger partial charge in [0.25, 0.3) is 5.89 Å². The third kappa shape index (κ3) is 3.52. The summed E-state index contributed by atoms with van der Waals surface area (Å²) in [7, 11) is 2.12. The van der Waals surface area contributed by atoms with Gasteiger partial charge in [-0.3, -0.25) is 4.90 Å². The van der Waals surface area contributed by atoms with Gasteiger partial charge in [0.1, 0.15) is 6.61 Å². The van der Waals surface area contributed by atoms with Crippen LogP contribution in [0.4, 0.5) is 0 Å². The molecule has 3 rings (SSSR count). The average molecular weight is 298 g/mol. The van der Waals surface area contributed by atoms with Crippen LogP contribution in [0.5, 0.6) is 0 Å². The zero-order valence-corrected chi connectivity index (χ0v) is 12.7. The standard InChI is InChI=1S/C13H22N4O2S/c1-17-6-7-20-9-11(17)13-15-12(19-16-13)8-18-10-2-4-14-5-3-10/h10-11,14H,2-9H2,1H3. The molecule has 0 aromatic carbocycles. The summed E-state index contributed by atoms with van der Waals surface area (Å²) in [5, 5.41) is 7.45. The Morgan fingerprint density at radius 2 is 2.30 bits per heavy atom. The minimum Gasteiger partial charge on any atom is -0.368 e. The van der Waals surface area contributed by atoms with Crippen LogP contribution in [0.25, 0.3) is 0 Å². The number of nitrogens with one attached hydrogen (secondary N) is 1. The van der Waals surface area contributed by atoms with Crippen LogP contribution in [-0.2, 0) is 11.3 Å². The highest BCUT2D eigenvalue weighted by Gasteiger charge is 2.26. The van der Waals surface area contributed by atoms with Gasteiger partial charge in [0.05, 0.1) is 12.1 Å². The fourth-order valence-electron chi connectivity index (χ4n) is 2.57. The molecule has 0 bridgehead atoms. The van der Waals surface area contributed by atoms with Crippen molar-refractivity contribution in [2.75, 3.05) is 38.2 Å². The van der Waals surface area contributed by atoms with Gasteiger partial charge in [-0.25, -0.2) is 0 Å². The van der Waals surface area contributed by atoms with Gasteiger partial charge in [-0.1, -0.05) is 5.16 Å². The number of ether oxygens (including phenoxy) is 1. The van der Waals surface area contributed by atoms with Crippen molar-refractivity contribution in [2.24, 2.45) is 0 Å². The van der Waals surface area contributed by atoms with Gasteiger partial charge >= 0.3 is 0 Å². The summed E-state index contributed by atoms with van der Waals surface area (Å²) in [5.41, 5.74) is 0. The highest BCUT2D eigenvalue weighted by atomic mass is 32.2. The second kappa shape index (κ2) is 6.89. The molecule has 2 aliphatic rings. The van der Waals surface area contributed by atoms with E-state index in [1.165, 1.54) is 5.75 Å². The van der Waals surface area contributed by atoms with Crippen molar-refractivity contribution >= 4 is 11.8 Å². The van der Waals surface area contributed by atoms with E-state index in [4.69, 9.17) is 9.26 Å². The summed E-state index contributed by atoms with van der Waals surface area (Å²) >= 11 is 1.95. The Hall–Kier alpha value is -0.630. The molecule has 1 N–H and O–H groups in total. The van der Waals surface area contributed by atoms with Crippen molar-refractivity contribution in [3.63, 3.8) is 0 Å². The van der Waals surface area contributed by atoms with Crippen LogP contribution in [-0.4, -0.2) is 59.3 Å². The van der Waals surface area contributed by atoms with Gasteiger partial charge < -0.3 is 14.6 Å². The third-order valence-corrected chi connectivity index (χ3v) is 4.93. The van der Waals surface area contributed by atoms with Gasteiger partial charge in [0.15, 0.2) is 5.82 Å². The molecule has 1 unspecified atom stereocenters. The molecule has 2 aliphatic heterocycles. The minimum atomic E-state index is 0.269. The number of rotatable bonds is 4. The third-order valence-electron chi connectivity index (χ3n) is 3.91. The number of thioether (sulfide) groups is 1. The predicted octanol–water partition coefficient (Wildman–Crippen LogP) is 1.06. The fraction of sp³-hybridized carbons (Fsp3) is 0.846. The van der Waals surface area contributed by atoms with Crippen LogP contribution in [0.15, 0.2) is 4.52 Å². The fourth-order valence-corrected chi connectivity index (χ4v) is 3.78. The molecule has 2 saturated heterocycles. The van der Waals surface area contributed by atoms with E-state index < -0.39 is 0 Å². The van der Waals surface area contributed by atoms with E-state index in [1.54, 1.807) is 0 Å². The zero-order chi connectivity index (χ0) is 13.8. The lowest BCUT2D eigenvalue weighted by molar-refractivity contribution is 0.00859. The normalized spacial score (nSPS) is 25.9. The van der Waals surface area contributed by atoms with Crippen LogP contribution in [0.1, 0.15) is 30.6 Å². The van der Waals surface area contributed by atoms with Gasteiger partial charge in [0, 0.05) is 18.1 Å². The first-order valence-electron chi connectivity index (χ1n) is 7.25. The average Bonchev–Trinajstić information content (AvgIpc) is 2.95. The molecule has 0 spiro atoms. The first-order chi connectivity index (χ1) is 9.83. The van der Waals surface area contributed by atoms with Crippen molar-refractivity contribution in [1.82, 2.24) is 20.4 Å². The van der Waals surface area contributed by atoms with Crippen LogP contribution in [0, 0.1) is 0 Å². The van der Waals surface area contributed by atoms with E-state index in [1.807, 2.05) is 11.8 Å². The molecular weight excluding hydrogens is 276 g/mol. The maximum Gasteiger partial charge on any atom is 0.252 e. The molecular formula is C13H22N4O2S. The van der Waals surface area contributed by atoms with E-state index in [-0.39, 0.29) is 6.04 Å². The minimum absolute atomic E-state index is 0.269. The van der Waals surface area contributed by atoms with E-state index in [9.17, 15) is 0 Å². The Bertz CT molecular complexity index is 422. The number of piperidine rings is 1. The van der Waals surface area contributed by atoms with Gasteiger partial charge in [-0.05, 0) is 33.0 Å². The highest BCUT2D eigenvalue weighted by Crippen LogP contribution is 2.26. The summed E-state index contributed by atoms with van der Waals surface area (Å²) < 4.78 is 11.2. The van der Waals surface area contributed by atoms with E-state index in [0.29, 0.717) is 18.6 Å². The zero-order valence-electron chi connectivity index (χ0n) is 11.9. The molecule has 1 atom stereocenters. The molecule has 6 nitrogen and oxygen atoms in total. The summed E-state index contributed by atoms with van der Waals surface area (Å²) in [6, 6.07) is 0.269. The largest absolute Gasteiger partial charge is 0.368 e. The molecule has 1 aromatic heterocycles. The SMILES string of the molecule is CN1CCSCC1c1noc(COC2CCNCC2)n1. The quantitative estimate of drug-likeness (QED) is 0.891. The first kappa shape index (κ1) is 14.3. The van der Waals surface area contributed by atoms with E-state index in [0.717, 1.165) is 44.1 Å². The van der Waals surface area contributed by atoms with Crippen molar-refractivity contribution < 1.29 is 9.26 Å².